The molecule has 5 aliphatic rings. The second kappa shape index (κ2) is 6.55. The Balaban J connectivity index is 1.54. The van der Waals surface area contributed by atoms with Crippen molar-refractivity contribution in [1.29, 1.82) is 0 Å². The van der Waals surface area contributed by atoms with E-state index in [1.807, 2.05) is 0 Å². The summed E-state index contributed by atoms with van der Waals surface area (Å²) in [5.41, 5.74) is 2.88. The third kappa shape index (κ3) is 2.77. The number of hydrogen-bond acceptors (Lipinski definition) is 1. The highest BCUT2D eigenvalue weighted by atomic mass is 16.3. The first-order chi connectivity index (χ1) is 14.2. The van der Waals surface area contributed by atoms with Gasteiger partial charge in [-0.05, 0) is 127 Å². The van der Waals surface area contributed by atoms with Gasteiger partial charge in [-0.3, -0.25) is 0 Å². The molecule has 5 aliphatic carbocycles. The molecular weight excluding hydrogens is 376 g/mol. The highest BCUT2D eigenvalue weighted by Crippen LogP contribution is 2.78. The Hall–Kier alpha value is -0.0400. The maximum Gasteiger partial charge on any atom is 0.0571 e. The largest absolute Gasteiger partial charge is 0.393 e. The minimum atomic E-state index is -0.0781. The predicted octanol–water partition coefficient (Wildman–Crippen LogP) is 8.25. The van der Waals surface area contributed by atoms with Crippen LogP contribution in [0.2, 0.25) is 0 Å². The van der Waals surface area contributed by atoms with Gasteiger partial charge in [0.1, 0.15) is 0 Å². The van der Waals surface area contributed by atoms with E-state index in [1.54, 1.807) is 0 Å². The van der Waals surface area contributed by atoms with E-state index in [2.05, 4.69) is 55.4 Å². The number of hydrogen-bond donors (Lipinski definition) is 1. The third-order valence-corrected chi connectivity index (χ3v) is 13.9. The van der Waals surface area contributed by atoms with E-state index in [1.165, 1.54) is 64.2 Å². The number of aliphatic hydroxyl groups is 1. The maximum absolute atomic E-state index is 10.7. The number of aliphatic hydroxyl groups excluding tert-OH is 1. The van der Waals surface area contributed by atoms with Gasteiger partial charge in [0.15, 0.2) is 0 Å². The summed E-state index contributed by atoms with van der Waals surface area (Å²) in [4.78, 5) is 0. The van der Waals surface area contributed by atoms with Gasteiger partial charge in [0.05, 0.1) is 6.10 Å². The molecule has 31 heavy (non-hydrogen) atoms. The van der Waals surface area contributed by atoms with Crippen molar-refractivity contribution in [2.75, 3.05) is 0 Å². The monoisotopic (exact) mass is 428 g/mol. The zero-order valence-corrected chi connectivity index (χ0v) is 22.1. The lowest BCUT2D eigenvalue weighted by Crippen LogP contribution is -2.67. The number of rotatable bonds is 0. The molecule has 10 atom stereocenters. The van der Waals surface area contributed by atoms with Crippen LogP contribution < -0.4 is 0 Å². The molecule has 0 unspecified atom stereocenters. The Morgan fingerprint density at radius 3 is 1.90 bits per heavy atom. The van der Waals surface area contributed by atoms with Gasteiger partial charge in [-0.1, -0.05) is 55.4 Å². The Kier molecular flexibility index (Phi) is 4.80. The molecule has 0 radical (unpaired) electrons. The van der Waals surface area contributed by atoms with E-state index in [0.29, 0.717) is 38.4 Å². The molecule has 1 N–H and O–H groups in total. The lowest BCUT2D eigenvalue weighted by atomic mass is 9.30. The van der Waals surface area contributed by atoms with E-state index >= 15 is 0 Å². The van der Waals surface area contributed by atoms with Crippen LogP contribution in [0.15, 0.2) is 0 Å². The van der Waals surface area contributed by atoms with Crippen LogP contribution in [0.25, 0.3) is 0 Å². The molecule has 0 bridgehead atoms. The predicted molar refractivity (Wildman–Crippen MR) is 131 cm³/mol. The normalized spacial score (nSPS) is 60.9. The Bertz CT molecular complexity index is 741. The molecule has 1 nitrogen and oxygen atoms in total. The van der Waals surface area contributed by atoms with Crippen LogP contribution >= 0.6 is 0 Å². The molecule has 5 rings (SSSR count). The van der Waals surface area contributed by atoms with Gasteiger partial charge in [0.25, 0.3) is 0 Å². The molecule has 0 aromatic rings. The van der Waals surface area contributed by atoms with Crippen molar-refractivity contribution in [3.05, 3.63) is 0 Å². The third-order valence-electron chi connectivity index (χ3n) is 13.9. The topological polar surface area (TPSA) is 20.2 Å². The first kappa shape index (κ1) is 22.7. The average Bonchev–Trinajstić information content (AvgIpc) is 2.69. The van der Waals surface area contributed by atoms with Crippen LogP contribution in [0.4, 0.5) is 0 Å². The fourth-order valence-corrected chi connectivity index (χ4v) is 11.4. The van der Waals surface area contributed by atoms with Crippen LogP contribution in [0.3, 0.4) is 0 Å². The molecule has 1 heteroatoms. The van der Waals surface area contributed by atoms with Crippen LogP contribution in [0, 0.1) is 56.2 Å². The lowest BCUT2D eigenvalue weighted by molar-refractivity contribution is -0.263. The summed E-state index contributed by atoms with van der Waals surface area (Å²) in [7, 11) is 0. The fourth-order valence-electron chi connectivity index (χ4n) is 11.4. The van der Waals surface area contributed by atoms with E-state index in [-0.39, 0.29) is 6.10 Å². The molecule has 178 valence electrons. The lowest BCUT2D eigenvalue weighted by Gasteiger charge is -2.75. The van der Waals surface area contributed by atoms with Crippen LogP contribution in [0.5, 0.6) is 0 Å². The van der Waals surface area contributed by atoms with Crippen molar-refractivity contribution in [2.24, 2.45) is 56.2 Å². The molecule has 0 heterocycles. The Morgan fingerprint density at radius 2 is 1.19 bits per heavy atom. The molecule has 0 aliphatic heterocycles. The summed E-state index contributed by atoms with van der Waals surface area (Å²) in [6.45, 7) is 20.9. The highest BCUT2D eigenvalue weighted by molar-refractivity contribution is 5.19. The minimum Gasteiger partial charge on any atom is -0.393 e. The van der Waals surface area contributed by atoms with Crippen LogP contribution in [-0.4, -0.2) is 11.2 Å². The van der Waals surface area contributed by atoms with Gasteiger partial charge >= 0.3 is 0 Å². The first-order valence-corrected chi connectivity index (χ1v) is 13.9. The molecule has 0 amide bonds. The summed E-state index contributed by atoms with van der Waals surface area (Å²) in [6, 6.07) is 0. The first-order valence-electron chi connectivity index (χ1n) is 13.9. The Labute approximate surface area is 193 Å². The standard InChI is InChI=1S/C30H52O/c1-20-21(31)9-10-22-27(20,5)12-11-23-28(22,6)16-18-30(8)24-19-25(2,3)13-14-26(24,4)15-17-29(23,30)7/h20-24,31H,9-19H2,1-8H3/t20-,21-,22-,23+,24+,26-,27-,28-,29-,30+/m1/s1. The second-order valence-corrected chi connectivity index (χ2v) is 15.5. The zero-order chi connectivity index (χ0) is 22.7. The Morgan fingerprint density at radius 1 is 0.581 bits per heavy atom. The van der Waals surface area contributed by atoms with E-state index in [0.717, 1.165) is 24.2 Å². The summed E-state index contributed by atoms with van der Waals surface area (Å²) < 4.78 is 0. The summed E-state index contributed by atoms with van der Waals surface area (Å²) in [5.74, 6) is 3.02. The van der Waals surface area contributed by atoms with Crippen molar-refractivity contribution in [2.45, 2.75) is 132 Å². The van der Waals surface area contributed by atoms with E-state index in [4.69, 9.17) is 0 Å². The van der Waals surface area contributed by atoms with Crippen molar-refractivity contribution in [3.8, 4) is 0 Å². The molecule has 0 aromatic carbocycles. The molecule has 0 saturated heterocycles. The van der Waals surface area contributed by atoms with Gasteiger partial charge in [-0.25, -0.2) is 0 Å². The van der Waals surface area contributed by atoms with Crippen molar-refractivity contribution in [3.63, 3.8) is 0 Å². The fraction of sp³-hybridized carbons (Fsp3) is 1.00. The summed E-state index contributed by atoms with van der Waals surface area (Å²) in [6.07, 6.45) is 15.1. The van der Waals surface area contributed by atoms with Crippen molar-refractivity contribution < 1.29 is 5.11 Å². The molecule has 5 saturated carbocycles. The van der Waals surface area contributed by atoms with Gasteiger partial charge < -0.3 is 5.11 Å². The molecule has 0 spiro atoms. The smallest absolute Gasteiger partial charge is 0.0571 e. The van der Waals surface area contributed by atoms with Gasteiger partial charge in [-0.2, -0.15) is 0 Å². The van der Waals surface area contributed by atoms with Crippen LogP contribution in [-0.2, 0) is 0 Å². The quantitative estimate of drug-likeness (QED) is 0.412. The molecule has 0 aromatic heterocycles. The maximum atomic E-state index is 10.7. The number of fused-ring (bicyclic) bond motifs is 7. The average molecular weight is 429 g/mol. The summed E-state index contributed by atoms with van der Waals surface area (Å²) >= 11 is 0. The molecule has 5 fully saturated rings. The van der Waals surface area contributed by atoms with Crippen molar-refractivity contribution in [1.82, 2.24) is 0 Å². The van der Waals surface area contributed by atoms with E-state index < -0.39 is 0 Å². The second-order valence-electron chi connectivity index (χ2n) is 15.5. The van der Waals surface area contributed by atoms with Crippen molar-refractivity contribution >= 4 is 0 Å². The molecular formula is C30H52O. The van der Waals surface area contributed by atoms with Gasteiger partial charge in [0.2, 0.25) is 0 Å². The van der Waals surface area contributed by atoms with E-state index in [9.17, 15) is 5.11 Å². The highest BCUT2D eigenvalue weighted by Gasteiger charge is 2.70. The van der Waals surface area contributed by atoms with Gasteiger partial charge in [0, 0.05) is 0 Å². The summed E-state index contributed by atoms with van der Waals surface area (Å²) in [5, 5.41) is 10.7. The zero-order valence-electron chi connectivity index (χ0n) is 22.1. The van der Waals surface area contributed by atoms with Crippen LogP contribution in [0.1, 0.15) is 126 Å². The van der Waals surface area contributed by atoms with Gasteiger partial charge in [-0.15, -0.1) is 0 Å². The SMILES string of the molecule is C[C@@H]1[C@H](O)CC[C@@H]2[C@]1(C)CC[C@H]1[C@]2(C)CC[C@@]2(C)[C@H]3CC(C)(C)CC[C@]3(C)CC[C@]12C. The minimum absolute atomic E-state index is 0.0781.